The maximum absolute atomic E-state index is 13.1. The Morgan fingerprint density at radius 1 is 1.20 bits per heavy atom. The summed E-state index contributed by atoms with van der Waals surface area (Å²) in [7, 11) is 0. The number of nitrogens with zero attached hydrogens (tertiary/aromatic N) is 1. The molecule has 0 radical (unpaired) electrons. The lowest BCUT2D eigenvalue weighted by molar-refractivity contribution is -0.132. The molecular formula is C22H25IN2O5. The van der Waals surface area contributed by atoms with Crippen LogP contribution in [0.3, 0.4) is 0 Å². The van der Waals surface area contributed by atoms with Crippen molar-refractivity contribution in [2.45, 2.75) is 45.1 Å². The molecule has 8 heteroatoms. The first kappa shape index (κ1) is 22.3. The van der Waals surface area contributed by atoms with Gasteiger partial charge in [-0.15, -0.1) is 0 Å². The highest BCUT2D eigenvalue weighted by molar-refractivity contribution is 14.1. The first-order valence-corrected chi connectivity index (χ1v) is 11.1. The van der Waals surface area contributed by atoms with Crippen molar-refractivity contribution in [2.24, 2.45) is 0 Å². The average Bonchev–Trinajstić information content (AvgIpc) is 2.71. The van der Waals surface area contributed by atoms with Crippen LogP contribution in [0.25, 0.3) is 6.08 Å². The second kappa shape index (κ2) is 10.1. The largest absolute Gasteiger partial charge is 0.490 e. The number of amides is 4. The average molecular weight is 524 g/mol. The van der Waals surface area contributed by atoms with Crippen LogP contribution in [0.2, 0.25) is 0 Å². The van der Waals surface area contributed by atoms with E-state index in [1.54, 1.807) is 18.2 Å². The Balaban J connectivity index is 1.95. The molecular weight excluding hydrogens is 499 g/mol. The highest BCUT2D eigenvalue weighted by Gasteiger charge is 2.40. The van der Waals surface area contributed by atoms with Gasteiger partial charge in [-0.25, -0.2) is 4.79 Å². The number of barbiturate groups is 1. The van der Waals surface area contributed by atoms with E-state index in [9.17, 15) is 14.4 Å². The quantitative estimate of drug-likeness (QED) is 0.252. The zero-order chi connectivity index (χ0) is 21.7. The van der Waals surface area contributed by atoms with E-state index in [1.165, 1.54) is 11.0 Å². The topological polar surface area (TPSA) is 84.9 Å². The Kier molecular flexibility index (Phi) is 7.52. The van der Waals surface area contributed by atoms with Gasteiger partial charge in [0.1, 0.15) is 12.2 Å². The molecule has 160 valence electrons. The summed E-state index contributed by atoms with van der Waals surface area (Å²) < 4.78 is 12.2. The van der Waals surface area contributed by atoms with Gasteiger partial charge >= 0.3 is 6.03 Å². The number of halogens is 1. The number of hydrogen-bond acceptors (Lipinski definition) is 5. The Hall–Kier alpha value is -2.36. The molecule has 2 fully saturated rings. The molecule has 1 saturated heterocycles. The van der Waals surface area contributed by atoms with Crippen molar-refractivity contribution in [2.75, 3.05) is 13.2 Å². The smallest absolute Gasteiger partial charge is 0.331 e. The van der Waals surface area contributed by atoms with Crippen LogP contribution in [-0.4, -0.2) is 42.0 Å². The summed E-state index contributed by atoms with van der Waals surface area (Å²) in [5.74, 6) is -0.132. The Labute approximate surface area is 189 Å². The normalized spacial score (nSPS) is 19.1. The fourth-order valence-electron chi connectivity index (χ4n) is 3.73. The molecule has 0 spiro atoms. The van der Waals surface area contributed by atoms with E-state index in [1.807, 2.05) is 6.92 Å². The van der Waals surface area contributed by atoms with Crippen molar-refractivity contribution in [3.63, 3.8) is 0 Å². The van der Waals surface area contributed by atoms with Crippen molar-refractivity contribution in [1.29, 1.82) is 0 Å². The van der Waals surface area contributed by atoms with E-state index < -0.39 is 17.8 Å². The number of urea groups is 1. The van der Waals surface area contributed by atoms with E-state index in [0.29, 0.717) is 30.3 Å². The summed E-state index contributed by atoms with van der Waals surface area (Å²) in [5, 5.41) is 2.31. The van der Waals surface area contributed by atoms with Gasteiger partial charge in [0.15, 0.2) is 11.5 Å². The van der Waals surface area contributed by atoms with Gasteiger partial charge in [-0.3, -0.25) is 19.8 Å². The molecule has 1 heterocycles. The van der Waals surface area contributed by atoms with Crippen molar-refractivity contribution < 1.29 is 23.9 Å². The zero-order valence-corrected chi connectivity index (χ0v) is 19.1. The minimum atomic E-state index is -0.683. The maximum atomic E-state index is 13.1. The lowest BCUT2D eigenvalue weighted by atomic mass is 9.93. The van der Waals surface area contributed by atoms with Crippen LogP contribution in [0.5, 0.6) is 11.5 Å². The number of nitrogens with one attached hydrogen (secondary N) is 1. The molecule has 1 N–H and O–H groups in total. The molecule has 1 aliphatic heterocycles. The number of rotatable bonds is 7. The highest BCUT2D eigenvalue weighted by atomic mass is 127. The molecule has 4 amide bonds. The van der Waals surface area contributed by atoms with Crippen LogP contribution in [0, 0.1) is 3.57 Å². The van der Waals surface area contributed by atoms with Crippen LogP contribution >= 0.6 is 22.6 Å². The SMILES string of the molecule is C=CCOc1c(I)cc(C=C2C(=O)NC(=O)N(C3CCCCC3)C2=O)cc1OCC. The number of benzene rings is 1. The minimum Gasteiger partial charge on any atom is -0.490 e. The Morgan fingerprint density at radius 2 is 1.93 bits per heavy atom. The van der Waals surface area contributed by atoms with E-state index in [4.69, 9.17) is 9.47 Å². The summed E-state index contributed by atoms with van der Waals surface area (Å²) in [6.45, 7) is 6.28. The second-order valence-electron chi connectivity index (χ2n) is 7.15. The molecule has 1 aliphatic carbocycles. The van der Waals surface area contributed by atoms with Gasteiger partial charge in [-0.05, 0) is 66.1 Å². The second-order valence-corrected chi connectivity index (χ2v) is 8.31. The van der Waals surface area contributed by atoms with Crippen LogP contribution in [0.1, 0.15) is 44.6 Å². The van der Waals surface area contributed by atoms with Crippen LogP contribution in [0.15, 0.2) is 30.4 Å². The fraction of sp³-hybridized carbons (Fsp3) is 0.409. The minimum absolute atomic E-state index is 0.0572. The predicted molar refractivity (Wildman–Crippen MR) is 121 cm³/mol. The summed E-state index contributed by atoms with van der Waals surface area (Å²) in [6, 6.07) is 2.72. The highest BCUT2D eigenvalue weighted by Crippen LogP contribution is 2.35. The molecule has 0 bridgehead atoms. The van der Waals surface area contributed by atoms with Gasteiger partial charge in [-0.1, -0.05) is 31.9 Å². The lowest BCUT2D eigenvalue weighted by Gasteiger charge is -2.35. The van der Waals surface area contributed by atoms with Crippen molar-refractivity contribution in [3.05, 3.63) is 39.5 Å². The zero-order valence-electron chi connectivity index (χ0n) is 16.9. The third kappa shape index (κ3) is 4.85. The van der Waals surface area contributed by atoms with Crippen molar-refractivity contribution in [3.8, 4) is 11.5 Å². The van der Waals surface area contributed by atoms with Gasteiger partial charge in [0.05, 0.1) is 10.2 Å². The van der Waals surface area contributed by atoms with Crippen LogP contribution in [-0.2, 0) is 9.59 Å². The number of imide groups is 2. The number of hydrogen-bond donors (Lipinski definition) is 1. The van der Waals surface area contributed by atoms with E-state index >= 15 is 0 Å². The van der Waals surface area contributed by atoms with Crippen LogP contribution in [0.4, 0.5) is 4.79 Å². The van der Waals surface area contributed by atoms with Gasteiger partial charge in [0, 0.05) is 6.04 Å². The van der Waals surface area contributed by atoms with Crippen LogP contribution < -0.4 is 14.8 Å². The van der Waals surface area contributed by atoms with E-state index in [0.717, 1.165) is 35.7 Å². The van der Waals surface area contributed by atoms with Gasteiger partial charge in [-0.2, -0.15) is 0 Å². The van der Waals surface area contributed by atoms with Crippen molar-refractivity contribution in [1.82, 2.24) is 10.2 Å². The Morgan fingerprint density at radius 3 is 2.60 bits per heavy atom. The first-order chi connectivity index (χ1) is 14.5. The van der Waals surface area contributed by atoms with E-state index in [2.05, 4.69) is 34.5 Å². The number of carbonyl (C=O) groups excluding carboxylic acids is 3. The number of carbonyl (C=O) groups is 3. The van der Waals surface area contributed by atoms with E-state index in [-0.39, 0.29) is 11.6 Å². The summed E-state index contributed by atoms with van der Waals surface area (Å²) in [5.41, 5.74) is 0.559. The third-order valence-electron chi connectivity index (χ3n) is 5.06. The van der Waals surface area contributed by atoms with Gasteiger partial charge in [0.25, 0.3) is 11.8 Å². The number of ether oxygens (including phenoxy) is 2. The third-order valence-corrected chi connectivity index (χ3v) is 5.86. The molecule has 0 aromatic heterocycles. The van der Waals surface area contributed by atoms with Gasteiger partial charge in [0.2, 0.25) is 0 Å². The molecule has 1 saturated carbocycles. The predicted octanol–water partition coefficient (Wildman–Crippen LogP) is 4.05. The standard InChI is InChI=1S/C22H25IN2O5/c1-3-10-30-19-17(23)12-14(13-18(19)29-4-2)11-16-20(26)24-22(28)25(21(16)27)15-8-6-5-7-9-15/h3,11-13,15H,1,4-10H2,2H3,(H,24,26,28). The van der Waals surface area contributed by atoms with Gasteiger partial charge < -0.3 is 9.47 Å². The molecule has 0 unspecified atom stereocenters. The lowest BCUT2D eigenvalue weighted by Crippen LogP contribution is -2.58. The fourth-order valence-corrected chi connectivity index (χ4v) is 4.51. The monoisotopic (exact) mass is 524 g/mol. The molecule has 0 atom stereocenters. The molecule has 3 rings (SSSR count). The molecule has 30 heavy (non-hydrogen) atoms. The van der Waals surface area contributed by atoms with Crippen molar-refractivity contribution >= 4 is 46.5 Å². The molecule has 1 aromatic rings. The molecule has 2 aliphatic rings. The summed E-state index contributed by atoms with van der Waals surface area (Å²) >= 11 is 2.12. The summed E-state index contributed by atoms with van der Waals surface area (Å²) in [6.07, 6.45) is 7.71. The Bertz CT molecular complexity index is 890. The molecule has 7 nitrogen and oxygen atoms in total. The first-order valence-electron chi connectivity index (χ1n) is 10.1. The summed E-state index contributed by atoms with van der Waals surface area (Å²) in [4.78, 5) is 39.1. The molecule has 1 aromatic carbocycles. The maximum Gasteiger partial charge on any atom is 0.331 e.